The number of hydrogen-bond donors (Lipinski definition) is 2. The molecule has 0 unspecified atom stereocenters. The van der Waals surface area contributed by atoms with Gasteiger partial charge in [-0.1, -0.05) is 63.4 Å². The SMILES string of the molecule is CN1CCc2cc(Cl)c(O)cc2[C@H]2c3cccc(Br)c3CC[C@@H]21.CN1CCc2cc(Cl)c(O)cc2[C@H]2c3cccc(C#N)c3CC[C@@H]21.[C-]#N.[C-]#N.[Pd].[Zn+2]. The molecule has 0 bridgehead atoms. The number of nitriles is 1. The van der Waals surface area contributed by atoms with Gasteiger partial charge >= 0.3 is 19.5 Å². The van der Waals surface area contributed by atoms with Crippen molar-refractivity contribution in [2.75, 3.05) is 27.2 Å². The van der Waals surface area contributed by atoms with Crippen LogP contribution in [-0.4, -0.2) is 59.3 Å². The number of nitrogens with zero attached hydrogens (tertiary/aromatic N) is 5. The molecule has 2 aliphatic heterocycles. The van der Waals surface area contributed by atoms with Gasteiger partial charge in [-0.15, -0.1) is 0 Å². The zero-order chi connectivity index (χ0) is 37.0. The second kappa shape index (κ2) is 19.7. The topological polar surface area (TPSA) is 118 Å². The maximum Gasteiger partial charge on any atom is 2.00 e. The quantitative estimate of drug-likeness (QED) is 0.134. The van der Waals surface area contributed by atoms with E-state index in [1.807, 2.05) is 36.4 Å². The number of aromatic hydroxyl groups is 2. The summed E-state index contributed by atoms with van der Waals surface area (Å²) in [6.07, 6.45) is 6.08. The van der Waals surface area contributed by atoms with Crippen molar-refractivity contribution in [2.24, 2.45) is 0 Å². The first kappa shape index (κ1) is 44.6. The Bertz CT molecular complexity index is 2020. The van der Waals surface area contributed by atoms with Gasteiger partial charge in [0.15, 0.2) is 0 Å². The Balaban J connectivity index is 0.000000253. The van der Waals surface area contributed by atoms with Gasteiger partial charge in [-0.25, -0.2) is 0 Å². The number of fused-ring (bicyclic) bond motifs is 10. The molecule has 8 rings (SSSR count). The second-order valence-electron chi connectivity index (χ2n) is 13.4. The van der Waals surface area contributed by atoms with Crippen LogP contribution < -0.4 is 0 Å². The predicted molar refractivity (Wildman–Crippen MR) is 202 cm³/mol. The molecule has 272 valence electrons. The van der Waals surface area contributed by atoms with Gasteiger partial charge in [0, 0.05) is 61.9 Å². The van der Waals surface area contributed by atoms with Crippen LogP contribution >= 0.6 is 39.1 Å². The van der Waals surface area contributed by atoms with Gasteiger partial charge in [-0.3, -0.25) is 0 Å². The zero-order valence-electron chi connectivity index (χ0n) is 29.5. The average Bonchev–Trinajstić information content (AvgIpc) is 3.38. The van der Waals surface area contributed by atoms with Crippen LogP contribution in [0, 0.1) is 35.0 Å². The summed E-state index contributed by atoms with van der Waals surface area (Å²) in [6.45, 7) is 11.5. The number of phenols is 2. The van der Waals surface area contributed by atoms with Crippen LogP contribution in [0.2, 0.25) is 10.0 Å². The summed E-state index contributed by atoms with van der Waals surface area (Å²) in [4.78, 5) is 4.89. The minimum Gasteiger partial charge on any atom is -0.512 e. The first-order valence-corrected chi connectivity index (χ1v) is 18.4. The third-order valence-electron chi connectivity index (χ3n) is 11.0. The fourth-order valence-electron chi connectivity index (χ4n) is 8.62. The van der Waals surface area contributed by atoms with Crippen molar-refractivity contribution in [3.8, 4) is 17.6 Å². The summed E-state index contributed by atoms with van der Waals surface area (Å²) in [5, 5.41) is 43.2. The van der Waals surface area contributed by atoms with E-state index in [-0.39, 0.29) is 57.3 Å². The second-order valence-corrected chi connectivity index (χ2v) is 15.1. The van der Waals surface area contributed by atoms with Crippen LogP contribution in [0.15, 0.2) is 65.1 Å². The first-order valence-electron chi connectivity index (χ1n) is 16.8. The van der Waals surface area contributed by atoms with E-state index in [0.29, 0.717) is 28.0 Å². The Morgan fingerprint density at radius 1 is 0.698 bits per heavy atom. The molecule has 0 aromatic heterocycles. The molecule has 0 spiro atoms. The summed E-state index contributed by atoms with van der Waals surface area (Å²) < 4.78 is 1.19. The molecule has 7 nitrogen and oxygen atoms in total. The molecule has 4 aliphatic rings. The Morgan fingerprint density at radius 2 is 1.13 bits per heavy atom. The van der Waals surface area contributed by atoms with Gasteiger partial charge in [0.1, 0.15) is 11.5 Å². The number of phenolic OH excluding ortho intramolecular Hbond substituents is 2. The standard InChI is InChI=1S/C20H19ClN2O.C19H19BrClNO.2CN.Pd.Zn/c1-23-8-7-12-9-17(21)19(24)10-16(12)20-15-4-2-3-13(11-22)14(15)5-6-18(20)23;1-22-8-7-11-9-16(21)18(23)10-14(11)19-13-3-2-4-15(20)12(13)5-6-17(19)22;2*1-2;;/h2-4,9-10,18,20,24H,5-8H2,1H3;2-4,9-10,17,19,23H,5-8H2,1H3;;;;/q;;2*-1;;+2/t18-,20+;17-,19+;;;;/m00..../s1. The number of hydrogen-bond acceptors (Lipinski definition) is 7. The molecule has 0 fully saturated rings. The minimum atomic E-state index is 0. The number of benzene rings is 4. The largest absolute Gasteiger partial charge is 2.00 e. The van der Waals surface area contributed by atoms with E-state index in [9.17, 15) is 15.5 Å². The first-order chi connectivity index (χ1) is 24.7. The van der Waals surface area contributed by atoms with Crippen LogP contribution in [0.4, 0.5) is 0 Å². The van der Waals surface area contributed by atoms with Crippen LogP contribution in [0.5, 0.6) is 11.5 Å². The van der Waals surface area contributed by atoms with E-state index in [0.717, 1.165) is 68.3 Å². The van der Waals surface area contributed by atoms with E-state index >= 15 is 0 Å². The van der Waals surface area contributed by atoms with E-state index in [2.05, 4.69) is 70.2 Å². The molecule has 4 aromatic carbocycles. The third kappa shape index (κ3) is 8.87. The van der Waals surface area contributed by atoms with Crippen LogP contribution in [0.25, 0.3) is 0 Å². The Hall–Kier alpha value is -2.78. The van der Waals surface area contributed by atoms with Gasteiger partial charge in [0.05, 0.1) is 21.7 Å². The maximum absolute atomic E-state index is 10.2. The molecular formula is C41H38BrCl2N5O2PdZn. The number of rotatable bonds is 0. The Labute approximate surface area is 357 Å². The van der Waals surface area contributed by atoms with Crippen LogP contribution in [0.3, 0.4) is 0 Å². The molecule has 4 aromatic rings. The number of likely N-dealkylation sites (N-methyl/N-ethyl adjacent to an activating group) is 2. The summed E-state index contributed by atoms with van der Waals surface area (Å²) in [6, 6.07) is 23.3. The monoisotopic (exact) mass is 951 g/mol. The molecule has 53 heavy (non-hydrogen) atoms. The van der Waals surface area contributed by atoms with Crippen molar-refractivity contribution in [2.45, 2.75) is 62.4 Å². The summed E-state index contributed by atoms with van der Waals surface area (Å²) in [5.41, 5.74) is 10.8. The molecule has 2 heterocycles. The molecular weight excluding hydrogens is 917 g/mol. The van der Waals surface area contributed by atoms with E-state index in [1.165, 1.54) is 37.9 Å². The van der Waals surface area contributed by atoms with Crippen molar-refractivity contribution in [3.05, 3.63) is 138 Å². The Kier molecular flexibility index (Phi) is 16.6. The van der Waals surface area contributed by atoms with Gasteiger partial charge in [0.25, 0.3) is 0 Å². The van der Waals surface area contributed by atoms with Gasteiger partial charge in [-0.05, 0) is 134 Å². The molecule has 2 N–H and O–H groups in total. The van der Waals surface area contributed by atoms with E-state index in [4.69, 9.17) is 46.9 Å². The smallest absolute Gasteiger partial charge is 0.512 e. The number of halogens is 3. The molecule has 0 amide bonds. The molecule has 0 saturated heterocycles. The van der Waals surface area contributed by atoms with Crippen molar-refractivity contribution < 1.29 is 50.1 Å². The van der Waals surface area contributed by atoms with Crippen molar-refractivity contribution >= 4 is 39.1 Å². The molecule has 12 heteroatoms. The zero-order valence-corrected chi connectivity index (χ0v) is 37.1. The Morgan fingerprint density at radius 3 is 1.60 bits per heavy atom. The van der Waals surface area contributed by atoms with Gasteiger partial charge in [-0.2, -0.15) is 5.26 Å². The van der Waals surface area contributed by atoms with Crippen LogP contribution in [-0.2, 0) is 65.6 Å². The van der Waals surface area contributed by atoms with E-state index < -0.39 is 0 Å². The summed E-state index contributed by atoms with van der Waals surface area (Å²) >= 11 is 16.0. The fraction of sp³-hybridized carbons (Fsp3) is 0.341. The molecule has 0 radical (unpaired) electrons. The van der Waals surface area contributed by atoms with E-state index in [1.54, 1.807) is 0 Å². The third-order valence-corrected chi connectivity index (χ3v) is 12.3. The van der Waals surface area contributed by atoms with Gasteiger partial charge in [0.2, 0.25) is 0 Å². The minimum absolute atomic E-state index is 0. The average molecular weight is 955 g/mol. The van der Waals surface area contributed by atoms with Crippen molar-refractivity contribution in [3.63, 3.8) is 0 Å². The molecule has 2 aliphatic carbocycles. The molecule has 4 atom stereocenters. The fourth-order valence-corrected chi connectivity index (χ4v) is 9.57. The maximum atomic E-state index is 10.2. The summed E-state index contributed by atoms with van der Waals surface area (Å²) in [7, 11) is 4.39. The van der Waals surface area contributed by atoms with Gasteiger partial charge < -0.3 is 43.7 Å². The molecule has 0 saturated carbocycles. The van der Waals surface area contributed by atoms with Crippen molar-refractivity contribution in [1.82, 2.24) is 9.80 Å². The van der Waals surface area contributed by atoms with Crippen molar-refractivity contribution in [1.29, 1.82) is 15.8 Å². The normalized spacial score (nSPS) is 20.6. The van der Waals surface area contributed by atoms with Crippen LogP contribution in [0.1, 0.15) is 74.7 Å². The summed E-state index contributed by atoms with van der Waals surface area (Å²) in [5.74, 6) is 0.799. The predicted octanol–water partition coefficient (Wildman–Crippen LogP) is 8.78.